The zero-order chi connectivity index (χ0) is 33.3. The Bertz CT molecular complexity index is 1720. The van der Waals surface area contributed by atoms with Crippen LogP contribution in [0, 0.1) is 41.3 Å². The van der Waals surface area contributed by atoms with Gasteiger partial charge in [-0.2, -0.15) is 5.26 Å². The maximum absolute atomic E-state index is 14.6. The van der Waals surface area contributed by atoms with Gasteiger partial charge in [-0.15, -0.1) is 0 Å². The zero-order valence-electron chi connectivity index (χ0n) is 27.4. The molecule has 0 bridgehead atoms. The van der Waals surface area contributed by atoms with E-state index in [1.807, 2.05) is 44.2 Å². The molecule has 2 aromatic heterocycles. The minimum Gasteiger partial charge on any atom is -0.304 e. The van der Waals surface area contributed by atoms with Gasteiger partial charge in [-0.3, -0.25) is 19.4 Å². The van der Waals surface area contributed by atoms with Crippen molar-refractivity contribution in [1.82, 2.24) is 14.3 Å². The molecule has 1 amide bonds. The molecule has 4 aromatic rings. The van der Waals surface area contributed by atoms with E-state index in [4.69, 9.17) is 5.41 Å². The molecule has 45 heavy (non-hydrogen) atoms. The van der Waals surface area contributed by atoms with Crippen LogP contribution in [-0.4, -0.2) is 38.9 Å². The second-order valence-electron chi connectivity index (χ2n) is 11.6. The highest BCUT2D eigenvalue weighted by Crippen LogP contribution is 2.35. The molecule has 0 spiro atoms. The van der Waals surface area contributed by atoms with Crippen molar-refractivity contribution in [3.63, 3.8) is 0 Å². The van der Waals surface area contributed by atoms with Crippen LogP contribution in [0.4, 0.5) is 4.39 Å². The van der Waals surface area contributed by atoms with E-state index in [0.29, 0.717) is 57.5 Å². The van der Waals surface area contributed by atoms with Gasteiger partial charge in [-0.05, 0) is 68.4 Å². The van der Waals surface area contributed by atoms with Crippen LogP contribution < -0.4 is 0 Å². The van der Waals surface area contributed by atoms with Crippen molar-refractivity contribution in [3.05, 3.63) is 83.4 Å². The van der Waals surface area contributed by atoms with Gasteiger partial charge < -0.3 is 4.90 Å². The molecule has 2 atom stereocenters. The third kappa shape index (κ3) is 8.30. The highest BCUT2D eigenvalue weighted by atomic mass is 19.1. The second-order valence-corrected chi connectivity index (χ2v) is 11.6. The number of amidine groups is 1. The van der Waals surface area contributed by atoms with Crippen LogP contribution in [-0.2, 0) is 4.79 Å². The fourth-order valence-electron chi connectivity index (χ4n) is 5.24. The maximum atomic E-state index is 14.6. The minimum absolute atomic E-state index is 0.0695. The lowest BCUT2D eigenvalue weighted by molar-refractivity contribution is -0.126. The molecule has 236 valence electrons. The number of hydrogen-bond donors (Lipinski definition) is 1. The van der Waals surface area contributed by atoms with Gasteiger partial charge >= 0.3 is 0 Å². The molecule has 2 heterocycles. The molecule has 2 aromatic carbocycles. The van der Waals surface area contributed by atoms with Gasteiger partial charge in [0.25, 0.3) is 0 Å². The molecule has 0 aliphatic heterocycles. The molecular formula is C37H44FN5O2. The van der Waals surface area contributed by atoms with E-state index in [-0.39, 0.29) is 23.4 Å². The Hall–Kier alpha value is -4.64. The summed E-state index contributed by atoms with van der Waals surface area (Å²) in [6, 6.07) is 17.9. The molecule has 2 unspecified atom stereocenters. The summed E-state index contributed by atoms with van der Waals surface area (Å²) in [5, 5.41) is 17.9. The molecular weight excluding hydrogens is 565 g/mol. The Morgan fingerprint density at radius 3 is 2.31 bits per heavy atom. The summed E-state index contributed by atoms with van der Waals surface area (Å²) in [7, 11) is 1.74. The summed E-state index contributed by atoms with van der Waals surface area (Å²) < 4.78 is 16.3. The van der Waals surface area contributed by atoms with Gasteiger partial charge in [0, 0.05) is 42.3 Å². The van der Waals surface area contributed by atoms with Crippen LogP contribution in [0.5, 0.6) is 0 Å². The van der Waals surface area contributed by atoms with E-state index in [2.05, 4.69) is 31.8 Å². The van der Waals surface area contributed by atoms with E-state index in [1.165, 1.54) is 13.0 Å². The SMILES string of the molecule is CC(=O)c1ccn2c(C#N)c(-c3ccccc3-c3ccc(C)cc3F)nc2c1.CCCC(=O)N(C)C(=N)C(CC)CC(C)CC. The summed E-state index contributed by atoms with van der Waals surface area (Å²) in [5.41, 5.74) is 4.42. The number of pyridine rings is 1. The average Bonchev–Trinajstić information content (AvgIpc) is 3.41. The monoisotopic (exact) mass is 609 g/mol. The number of benzene rings is 2. The number of imidazole rings is 1. The molecule has 0 saturated heterocycles. The predicted octanol–water partition coefficient (Wildman–Crippen LogP) is 8.87. The lowest BCUT2D eigenvalue weighted by Gasteiger charge is -2.26. The molecule has 7 nitrogen and oxygen atoms in total. The molecule has 4 rings (SSSR count). The van der Waals surface area contributed by atoms with Gasteiger partial charge in [0.05, 0.1) is 0 Å². The standard InChI is InChI=1S/C23H16FN3O.C14H28N2O/c1-14-7-8-18(20(24)11-14)17-5-3-4-6-19(17)23-21(13-25)27-10-9-16(15(2)28)12-22(27)26-23;1-6-9-13(17)16(5)14(15)12(8-3)10-11(4)7-2/h3-12H,1-2H3;11-12,15H,6-10H2,1-5H3. The van der Waals surface area contributed by atoms with Crippen molar-refractivity contribution in [2.75, 3.05) is 7.05 Å². The summed E-state index contributed by atoms with van der Waals surface area (Å²) in [4.78, 5) is 29.6. The fraction of sp³-hybridized carbons (Fsp3) is 0.378. The Kier molecular flexibility index (Phi) is 12.3. The minimum atomic E-state index is -0.325. The number of nitrogens with zero attached hydrogens (tertiary/aromatic N) is 4. The van der Waals surface area contributed by atoms with Crippen LogP contribution >= 0.6 is 0 Å². The highest BCUT2D eigenvalue weighted by molar-refractivity contribution is 5.97. The van der Waals surface area contributed by atoms with Gasteiger partial charge in [0.15, 0.2) is 11.5 Å². The number of ketones is 1. The highest BCUT2D eigenvalue weighted by Gasteiger charge is 2.22. The molecule has 1 N–H and O–H groups in total. The second kappa shape index (κ2) is 15.9. The summed E-state index contributed by atoms with van der Waals surface area (Å²) in [6.45, 7) is 11.8. The number of Topliss-reactive ketones (excluding diaryl/α,β-unsaturated/α-hetero) is 1. The fourth-order valence-corrected chi connectivity index (χ4v) is 5.24. The van der Waals surface area contributed by atoms with Crippen LogP contribution in [0.3, 0.4) is 0 Å². The first-order chi connectivity index (χ1) is 21.5. The number of fused-ring (bicyclic) bond motifs is 1. The Morgan fingerprint density at radius 2 is 1.73 bits per heavy atom. The van der Waals surface area contributed by atoms with E-state index < -0.39 is 0 Å². The van der Waals surface area contributed by atoms with Crippen LogP contribution in [0.2, 0.25) is 0 Å². The van der Waals surface area contributed by atoms with Crippen molar-refractivity contribution >= 4 is 23.2 Å². The van der Waals surface area contributed by atoms with Crippen molar-refractivity contribution in [2.45, 2.75) is 73.6 Å². The van der Waals surface area contributed by atoms with Crippen molar-refractivity contribution in [1.29, 1.82) is 10.7 Å². The predicted molar refractivity (Wildman–Crippen MR) is 179 cm³/mol. The third-order valence-electron chi connectivity index (χ3n) is 8.20. The summed E-state index contributed by atoms with van der Waals surface area (Å²) >= 11 is 0. The number of aryl methyl sites for hydroxylation is 1. The lowest BCUT2D eigenvalue weighted by Crippen LogP contribution is -2.37. The van der Waals surface area contributed by atoms with Gasteiger partial charge in [0.1, 0.15) is 29.1 Å². The van der Waals surface area contributed by atoms with E-state index in [0.717, 1.165) is 31.2 Å². The third-order valence-corrected chi connectivity index (χ3v) is 8.20. The number of aromatic nitrogens is 2. The Morgan fingerprint density at radius 1 is 1.04 bits per heavy atom. The van der Waals surface area contributed by atoms with E-state index in [1.54, 1.807) is 40.7 Å². The Balaban J connectivity index is 0.000000281. The number of amides is 1. The van der Waals surface area contributed by atoms with E-state index in [9.17, 15) is 19.2 Å². The van der Waals surface area contributed by atoms with Crippen LogP contribution in [0.15, 0.2) is 60.8 Å². The normalized spacial score (nSPS) is 12.1. The molecule has 0 fully saturated rings. The maximum Gasteiger partial charge on any atom is 0.227 e. The summed E-state index contributed by atoms with van der Waals surface area (Å²) in [6.07, 6.45) is 6.13. The number of rotatable bonds is 10. The first kappa shape index (κ1) is 34.8. The van der Waals surface area contributed by atoms with Gasteiger partial charge in [-0.25, -0.2) is 9.37 Å². The molecule has 0 radical (unpaired) electrons. The number of carbonyl (C=O) groups is 2. The summed E-state index contributed by atoms with van der Waals surface area (Å²) in [5.74, 6) is 0.998. The topological polar surface area (TPSA) is 102 Å². The number of hydrogen-bond acceptors (Lipinski definition) is 5. The number of carbonyl (C=O) groups excluding carboxylic acids is 2. The van der Waals surface area contributed by atoms with Gasteiger partial charge in [-0.1, -0.05) is 70.5 Å². The van der Waals surface area contributed by atoms with Gasteiger partial charge in [0.2, 0.25) is 5.91 Å². The lowest BCUT2D eigenvalue weighted by atomic mass is 9.90. The smallest absolute Gasteiger partial charge is 0.227 e. The first-order valence-corrected chi connectivity index (χ1v) is 15.6. The van der Waals surface area contributed by atoms with Crippen molar-refractivity contribution in [2.24, 2.45) is 11.8 Å². The first-order valence-electron chi connectivity index (χ1n) is 15.6. The van der Waals surface area contributed by atoms with Crippen LogP contribution in [0.25, 0.3) is 28.0 Å². The molecule has 0 aliphatic carbocycles. The largest absolute Gasteiger partial charge is 0.304 e. The average molecular weight is 610 g/mol. The number of nitrogens with one attached hydrogen (secondary N) is 1. The Labute approximate surface area is 266 Å². The molecule has 8 heteroatoms. The number of halogens is 1. The number of nitriles is 1. The molecule has 0 saturated carbocycles. The zero-order valence-corrected chi connectivity index (χ0v) is 27.4. The van der Waals surface area contributed by atoms with Crippen molar-refractivity contribution < 1.29 is 14.0 Å². The van der Waals surface area contributed by atoms with E-state index >= 15 is 0 Å². The van der Waals surface area contributed by atoms with Crippen LogP contribution in [0.1, 0.15) is 88.3 Å². The van der Waals surface area contributed by atoms with Crippen molar-refractivity contribution in [3.8, 4) is 28.5 Å². The quantitative estimate of drug-likeness (QED) is 0.110. The molecule has 0 aliphatic rings.